The van der Waals surface area contributed by atoms with Gasteiger partial charge in [-0.1, -0.05) is 18.6 Å². The van der Waals surface area contributed by atoms with Crippen LogP contribution in [0.2, 0.25) is 0 Å². The van der Waals surface area contributed by atoms with Crippen LogP contribution in [0.1, 0.15) is 31.7 Å². The van der Waals surface area contributed by atoms with Crippen LogP contribution in [0.25, 0.3) is 0 Å². The van der Waals surface area contributed by atoms with Gasteiger partial charge in [-0.25, -0.2) is 4.39 Å². The number of hydrogen-bond acceptors (Lipinski definition) is 2. The fraction of sp³-hybridized carbons (Fsp3) is 0.533. The quantitative estimate of drug-likeness (QED) is 0.873. The van der Waals surface area contributed by atoms with Gasteiger partial charge in [0, 0.05) is 18.6 Å². The molecule has 0 saturated carbocycles. The fourth-order valence-electron chi connectivity index (χ4n) is 2.53. The highest BCUT2D eigenvalue weighted by Crippen LogP contribution is 2.11. The second-order valence-electron chi connectivity index (χ2n) is 5.31. The Bertz CT molecular complexity index is 436. The van der Waals surface area contributed by atoms with Crippen molar-refractivity contribution >= 4 is 5.91 Å². The molecule has 1 aromatic rings. The van der Waals surface area contributed by atoms with Crippen LogP contribution in [-0.2, 0) is 11.2 Å². The predicted octanol–water partition coefficient (Wildman–Crippen LogP) is 2.02. The molecule has 1 fully saturated rings. The van der Waals surface area contributed by atoms with Crippen molar-refractivity contribution in [3.05, 3.63) is 35.6 Å². The van der Waals surface area contributed by atoms with Gasteiger partial charge in [0.25, 0.3) is 0 Å². The summed E-state index contributed by atoms with van der Waals surface area (Å²) in [6.45, 7) is 2.82. The SMILES string of the molecule is CC1CCCC(CNC(=O)Cc2cccc(F)c2)N1. The van der Waals surface area contributed by atoms with Gasteiger partial charge < -0.3 is 10.6 Å². The first-order valence-corrected chi connectivity index (χ1v) is 6.90. The van der Waals surface area contributed by atoms with E-state index in [2.05, 4.69) is 17.6 Å². The molecule has 1 heterocycles. The van der Waals surface area contributed by atoms with Crippen LogP contribution >= 0.6 is 0 Å². The number of piperidine rings is 1. The molecule has 19 heavy (non-hydrogen) atoms. The first-order valence-electron chi connectivity index (χ1n) is 6.90. The maximum absolute atomic E-state index is 13.0. The van der Waals surface area contributed by atoms with Gasteiger partial charge in [0.15, 0.2) is 0 Å². The highest BCUT2D eigenvalue weighted by atomic mass is 19.1. The van der Waals surface area contributed by atoms with Gasteiger partial charge >= 0.3 is 0 Å². The van der Waals surface area contributed by atoms with Crippen molar-refractivity contribution in [1.82, 2.24) is 10.6 Å². The molecule has 1 aromatic carbocycles. The van der Waals surface area contributed by atoms with Crippen LogP contribution in [0.15, 0.2) is 24.3 Å². The summed E-state index contributed by atoms with van der Waals surface area (Å²) in [5, 5.41) is 6.39. The van der Waals surface area contributed by atoms with Crippen LogP contribution in [0.3, 0.4) is 0 Å². The van der Waals surface area contributed by atoms with Gasteiger partial charge in [-0.2, -0.15) is 0 Å². The number of nitrogens with one attached hydrogen (secondary N) is 2. The molecule has 2 unspecified atom stereocenters. The molecule has 0 radical (unpaired) electrons. The number of carbonyl (C=O) groups excluding carboxylic acids is 1. The zero-order valence-electron chi connectivity index (χ0n) is 11.3. The maximum Gasteiger partial charge on any atom is 0.224 e. The molecule has 0 aliphatic carbocycles. The molecule has 2 rings (SSSR count). The molecule has 2 atom stereocenters. The number of hydrogen-bond donors (Lipinski definition) is 2. The summed E-state index contributed by atoms with van der Waals surface area (Å²) in [6.07, 6.45) is 3.75. The number of amides is 1. The summed E-state index contributed by atoms with van der Waals surface area (Å²) in [4.78, 5) is 11.8. The van der Waals surface area contributed by atoms with Crippen molar-refractivity contribution in [2.45, 2.75) is 44.7 Å². The van der Waals surface area contributed by atoms with E-state index in [1.54, 1.807) is 12.1 Å². The zero-order chi connectivity index (χ0) is 13.7. The van der Waals surface area contributed by atoms with E-state index < -0.39 is 0 Å². The van der Waals surface area contributed by atoms with Crippen LogP contribution in [0, 0.1) is 5.82 Å². The number of halogens is 1. The molecule has 1 aliphatic heterocycles. The number of rotatable bonds is 4. The average Bonchev–Trinajstić information content (AvgIpc) is 2.36. The molecule has 0 spiro atoms. The molecule has 1 amide bonds. The Balaban J connectivity index is 1.75. The normalized spacial score (nSPS) is 23.1. The Kier molecular flexibility index (Phi) is 4.91. The highest BCUT2D eigenvalue weighted by Gasteiger charge is 2.18. The van der Waals surface area contributed by atoms with Gasteiger partial charge in [0.1, 0.15) is 5.82 Å². The van der Waals surface area contributed by atoms with Gasteiger partial charge in [-0.15, -0.1) is 0 Å². The summed E-state index contributed by atoms with van der Waals surface area (Å²) in [7, 11) is 0. The largest absolute Gasteiger partial charge is 0.354 e. The molecule has 3 nitrogen and oxygen atoms in total. The maximum atomic E-state index is 13.0. The summed E-state index contributed by atoms with van der Waals surface area (Å²) < 4.78 is 13.0. The Morgan fingerprint density at radius 3 is 3.05 bits per heavy atom. The first kappa shape index (κ1) is 14.0. The highest BCUT2D eigenvalue weighted by molar-refractivity contribution is 5.78. The Hall–Kier alpha value is -1.42. The average molecular weight is 264 g/mol. The second kappa shape index (κ2) is 6.66. The molecule has 4 heteroatoms. The molecule has 2 N–H and O–H groups in total. The van der Waals surface area contributed by atoms with Gasteiger partial charge in [-0.05, 0) is 37.5 Å². The van der Waals surface area contributed by atoms with Gasteiger partial charge in [0.2, 0.25) is 5.91 Å². The smallest absolute Gasteiger partial charge is 0.224 e. The lowest BCUT2D eigenvalue weighted by molar-refractivity contribution is -0.120. The topological polar surface area (TPSA) is 41.1 Å². The van der Waals surface area contributed by atoms with E-state index in [9.17, 15) is 9.18 Å². The molecular weight excluding hydrogens is 243 g/mol. The van der Waals surface area contributed by atoms with E-state index in [-0.39, 0.29) is 18.1 Å². The van der Waals surface area contributed by atoms with Crippen molar-refractivity contribution in [1.29, 1.82) is 0 Å². The molecule has 1 aliphatic rings. The van der Waals surface area contributed by atoms with E-state index in [0.29, 0.717) is 24.2 Å². The fourth-order valence-corrected chi connectivity index (χ4v) is 2.53. The summed E-state index contributed by atoms with van der Waals surface area (Å²) in [6, 6.07) is 7.07. The van der Waals surface area contributed by atoms with Gasteiger partial charge in [0.05, 0.1) is 6.42 Å². The van der Waals surface area contributed by atoms with E-state index in [4.69, 9.17) is 0 Å². The summed E-state index contributed by atoms with van der Waals surface area (Å²) >= 11 is 0. The third-order valence-corrected chi connectivity index (χ3v) is 3.51. The Morgan fingerprint density at radius 2 is 2.32 bits per heavy atom. The van der Waals surface area contributed by atoms with Crippen LogP contribution in [0.5, 0.6) is 0 Å². The van der Waals surface area contributed by atoms with Crippen molar-refractivity contribution in [2.75, 3.05) is 6.54 Å². The lowest BCUT2D eigenvalue weighted by Gasteiger charge is -2.28. The van der Waals surface area contributed by atoms with Crippen molar-refractivity contribution in [3.8, 4) is 0 Å². The summed E-state index contributed by atoms with van der Waals surface area (Å²) in [5.74, 6) is -0.348. The van der Waals surface area contributed by atoms with E-state index >= 15 is 0 Å². The molecule has 0 bridgehead atoms. The minimum Gasteiger partial charge on any atom is -0.354 e. The standard InChI is InChI=1S/C15H21FN2O/c1-11-4-2-7-14(18-11)10-17-15(19)9-12-5-3-6-13(16)8-12/h3,5-6,8,11,14,18H,2,4,7,9-10H2,1H3,(H,17,19). The minimum absolute atomic E-state index is 0.0503. The zero-order valence-corrected chi connectivity index (χ0v) is 11.3. The summed E-state index contributed by atoms with van der Waals surface area (Å²) in [5.41, 5.74) is 0.711. The predicted molar refractivity (Wildman–Crippen MR) is 73.4 cm³/mol. The van der Waals surface area contributed by atoms with Gasteiger partial charge in [-0.3, -0.25) is 4.79 Å². The minimum atomic E-state index is -0.298. The third kappa shape index (κ3) is 4.63. The molecule has 0 aromatic heterocycles. The number of benzene rings is 1. The Labute approximate surface area is 113 Å². The molecule has 1 saturated heterocycles. The van der Waals surface area contributed by atoms with E-state index in [0.717, 1.165) is 6.42 Å². The number of carbonyl (C=O) groups is 1. The van der Waals surface area contributed by atoms with Crippen LogP contribution < -0.4 is 10.6 Å². The lowest BCUT2D eigenvalue weighted by atomic mass is 9.99. The van der Waals surface area contributed by atoms with Crippen molar-refractivity contribution in [3.63, 3.8) is 0 Å². The van der Waals surface area contributed by atoms with Crippen LogP contribution in [0.4, 0.5) is 4.39 Å². The van der Waals surface area contributed by atoms with E-state index in [1.165, 1.54) is 25.0 Å². The van der Waals surface area contributed by atoms with E-state index in [1.807, 2.05) is 0 Å². The second-order valence-corrected chi connectivity index (χ2v) is 5.31. The monoisotopic (exact) mass is 264 g/mol. The Morgan fingerprint density at radius 1 is 1.47 bits per heavy atom. The van der Waals surface area contributed by atoms with Crippen LogP contribution in [-0.4, -0.2) is 24.5 Å². The molecule has 104 valence electrons. The third-order valence-electron chi connectivity index (χ3n) is 3.51. The molecular formula is C15H21FN2O. The van der Waals surface area contributed by atoms with Crippen molar-refractivity contribution in [2.24, 2.45) is 0 Å². The lowest BCUT2D eigenvalue weighted by Crippen LogP contribution is -2.47. The first-order chi connectivity index (χ1) is 9.13. The van der Waals surface area contributed by atoms with Crippen molar-refractivity contribution < 1.29 is 9.18 Å².